The average Bonchev–Trinajstić information content (AvgIpc) is 3.05. The summed E-state index contributed by atoms with van der Waals surface area (Å²) in [5.74, 6) is -4.23. The summed E-state index contributed by atoms with van der Waals surface area (Å²) in [5.41, 5.74) is 2.11. The lowest BCUT2D eigenvalue weighted by Gasteiger charge is -2.43. The summed E-state index contributed by atoms with van der Waals surface area (Å²) >= 11 is 0. The first kappa shape index (κ1) is 26.4. The van der Waals surface area contributed by atoms with Crippen LogP contribution in [0.15, 0.2) is 65.3 Å². The molecule has 2 aromatic carbocycles. The number of carbonyl (C=O) groups is 1. The minimum atomic E-state index is -2.48. The fourth-order valence-corrected chi connectivity index (χ4v) is 4.91. The van der Waals surface area contributed by atoms with Crippen molar-refractivity contribution in [3.63, 3.8) is 0 Å². The SMILES string of the molecule is CC(C)=CCC/C(C)=C/CC/C(C)=C/C[C@@]12Oc3cc(O)cc(O)c3C(=O)[C@@]1(O)Oc1cc(O)ccc12. The van der Waals surface area contributed by atoms with Crippen LogP contribution in [-0.4, -0.2) is 32.0 Å². The summed E-state index contributed by atoms with van der Waals surface area (Å²) in [6.45, 7) is 8.30. The van der Waals surface area contributed by atoms with Gasteiger partial charge in [0.05, 0.1) is 0 Å². The van der Waals surface area contributed by atoms with Crippen LogP contribution in [0.3, 0.4) is 0 Å². The Kier molecular flexibility index (Phi) is 7.11. The highest BCUT2D eigenvalue weighted by molar-refractivity contribution is 6.08. The minimum Gasteiger partial charge on any atom is -0.508 e. The largest absolute Gasteiger partial charge is 0.508 e. The van der Waals surface area contributed by atoms with Crippen LogP contribution in [-0.2, 0) is 5.60 Å². The molecule has 7 heteroatoms. The molecule has 0 aromatic heterocycles. The van der Waals surface area contributed by atoms with Gasteiger partial charge < -0.3 is 29.9 Å². The third-order valence-corrected chi connectivity index (χ3v) is 6.95. The van der Waals surface area contributed by atoms with Crippen molar-refractivity contribution >= 4 is 5.78 Å². The predicted octanol–water partition coefficient (Wildman–Crippen LogP) is 6.16. The van der Waals surface area contributed by atoms with Crippen LogP contribution in [0.4, 0.5) is 0 Å². The van der Waals surface area contributed by atoms with Gasteiger partial charge in [-0.2, -0.15) is 0 Å². The average molecular weight is 507 g/mol. The highest BCUT2D eigenvalue weighted by Gasteiger charge is 2.69. The third-order valence-electron chi connectivity index (χ3n) is 6.95. The Hall–Kier alpha value is -3.71. The second-order valence-electron chi connectivity index (χ2n) is 10.2. The van der Waals surface area contributed by atoms with Crippen LogP contribution in [0.2, 0.25) is 0 Å². The van der Waals surface area contributed by atoms with E-state index in [1.165, 1.54) is 29.3 Å². The number of allylic oxidation sites excluding steroid dienone is 5. The lowest BCUT2D eigenvalue weighted by molar-refractivity contribution is -0.201. The number of phenols is 3. The highest BCUT2D eigenvalue weighted by Crippen LogP contribution is 2.58. The predicted molar refractivity (Wildman–Crippen MR) is 140 cm³/mol. The van der Waals surface area contributed by atoms with Crippen LogP contribution in [0, 0.1) is 0 Å². The molecule has 2 atom stereocenters. The van der Waals surface area contributed by atoms with Gasteiger partial charge in [-0.05, 0) is 65.5 Å². The molecule has 0 aliphatic carbocycles. The van der Waals surface area contributed by atoms with Gasteiger partial charge >= 0.3 is 5.79 Å². The number of benzene rings is 2. The van der Waals surface area contributed by atoms with Crippen molar-refractivity contribution in [3.8, 4) is 28.7 Å². The van der Waals surface area contributed by atoms with Gasteiger partial charge in [0, 0.05) is 30.2 Å². The number of carbonyl (C=O) groups excluding carboxylic acids is 1. The van der Waals surface area contributed by atoms with Gasteiger partial charge in [-0.1, -0.05) is 34.9 Å². The van der Waals surface area contributed by atoms with Crippen molar-refractivity contribution in [3.05, 3.63) is 76.4 Å². The molecule has 2 heterocycles. The van der Waals surface area contributed by atoms with E-state index < -0.39 is 22.9 Å². The molecule has 2 aliphatic heterocycles. The number of hydrogen-bond acceptors (Lipinski definition) is 7. The maximum atomic E-state index is 13.5. The number of aliphatic hydroxyl groups is 1. The van der Waals surface area contributed by atoms with Crippen molar-refractivity contribution in [1.29, 1.82) is 0 Å². The Morgan fingerprint density at radius 3 is 2.19 bits per heavy atom. The van der Waals surface area contributed by atoms with E-state index in [0.717, 1.165) is 37.3 Å². The number of Topliss-reactive ketones (excluding diaryl/α,β-unsaturated/α-hetero) is 1. The van der Waals surface area contributed by atoms with Crippen LogP contribution in [0.25, 0.3) is 0 Å². The van der Waals surface area contributed by atoms with Crippen LogP contribution in [0.1, 0.15) is 75.7 Å². The van der Waals surface area contributed by atoms with Gasteiger partial charge in [0.2, 0.25) is 11.4 Å². The normalized spacial score (nSPS) is 22.5. The summed E-state index contributed by atoms with van der Waals surface area (Å²) in [4.78, 5) is 13.5. The molecule has 0 radical (unpaired) electrons. The summed E-state index contributed by atoms with van der Waals surface area (Å²) in [7, 11) is 0. The zero-order valence-electron chi connectivity index (χ0n) is 21.7. The fraction of sp³-hybridized carbons (Fsp3) is 0.367. The molecule has 0 amide bonds. The Morgan fingerprint density at radius 1 is 0.838 bits per heavy atom. The first-order valence-electron chi connectivity index (χ1n) is 12.5. The second-order valence-corrected chi connectivity index (χ2v) is 10.2. The number of phenolic OH excluding ortho intramolecular Hbond substituents is 3. The summed E-state index contributed by atoms with van der Waals surface area (Å²) in [5, 5.41) is 42.0. The number of rotatable bonds is 8. The summed E-state index contributed by atoms with van der Waals surface area (Å²) in [6.07, 6.45) is 10.1. The van der Waals surface area contributed by atoms with E-state index in [1.54, 1.807) is 6.07 Å². The minimum absolute atomic E-state index is 0.0577. The molecule has 0 saturated carbocycles. The third kappa shape index (κ3) is 4.83. The quantitative estimate of drug-likeness (QED) is 0.317. The first-order chi connectivity index (χ1) is 17.5. The molecule has 0 unspecified atom stereocenters. The molecule has 37 heavy (non-hydrogen) atoms. The standard InChI is InChI=1S/C30H34O7/c1-18(2)7-5-8-19(3)9-6-10-20(4)13-14-29-23-12-11-21(31)16-25(23)37-30(29,35)28(34)27-24(33)15-22(32)17-26(27)36-29/h7,9,11-13,15-17,31-33,35H,5-6,8,10,14H2,1-4H3/b19-9+,20-13+/t29-,30+/m0/s1. The van der Waals surface area contributed by atoms with Gasteiger partial charge in [0.15, 0.2) is 0 Å². The topological polar surface area (TPSA) is 116 Å². The van der Waals surface area contributed by atoms with Crippen molar-refractivity contribution in [2.75, 3.05) is 0 Å². The van der Waals surface area contributed by atoms with Crippen LogP contribution >= 0.6 is 0 Å². The Labute approximate surface area is 217 Å². The van der Waals surface area contributed by atoms with E-state index in [4.69, 9.17) is 9.47 Å². The number of ketones is 1. The second kappa shape index (κ2) is 9.98. The van der Waals surface area contributed by atoms with Gasteiger partial charge in [0.1, 0.15) is 34.3 Å². The highest BCUT2D eigenvalue weighted by atomic mass is 16.7. The van der Waals surface area contributed by atoms with E-state index in [9.17, 15) is 25.2 Å². The summed E-state index contributed by atoms with van der Waals surface area (Å²) < 4.78 is 12.0. The van der Waals surface area contributed by atoms with E-state index in [2.05, 4.69) is 32.9 Å². The maximum absolute atomic E-state index is 13.5. The smallest absolute Gasteiger partial charge is 0.318 e. The molecular formula is C30H34O7. The van der Waals surface area contributed by atoms with Gasteiger partial charge in [-0.25, -0.2) is 0 Å². The molecule has 0 saturated heterocycles. The Balaban J connectivity index is 1.63. The molecule has 7 nitrogen and oxygen atoms in total. The van der Waals surface area contributed by atoms with Crippen molar-refractivity contribution in [2.45, 2.75) is 71.2 Å². The lowest BCUT2D eigenvalue weighted by atomic mass is 9.77. The molecule has 2 aromatic rings. The molecule has 0 bridgehead atoms. The molecule has 0 spiro atoms. The molecular weight excluding hydrogens is 472 g/mol. The summed E-state index contributed by atoms with van der Waals surface area (Å²) in [6, 6.07) is 6.52. The van der Waals surface area contributed by atoms with Crippen molar-refractivity contribution in [2.24, 2.45) is 0 Å². The van der Waals surface area contributed by atoms with E-state index in [0.29, 0.717) is 5.56 Å². The van der Waals surface area contributed by atoms with Crippen molar-refractivity contribution < 1.29 is 34.7 Å². The monoisotopic (exact) mass is 506 g/mol. The Morgan fingerprint density at radius 2 is 1.49 bits per heavy atom. The van der Waals surface area contributed by atoms with Gasteiger partial charge in [-0.15, -0.1) is 0 Å². The van der Waals surface area contributed by atoms with E-state index >= 15 is 0 Å². The van der Waals surface area contributed by atoms with Crippen LogP contribution < -0.4 is 9.47 Å². The zero-order chi connectivity index (χ0) is 27.0. The number of ether oxygens (including phenoxy) is 2. The zero-order valence-corrected chi connectivity index (χ0v) is 21.7. The fourth-order valence-electron chi connectivity index (χ4n) is 4.91. The van der Waals surface area contributed by atoms with Gasteiger partial charge in [0.25, 0.3) is 0 Å². The molecule has 4 rings (SSSR count). The molecule has 0 fully saturated rings. The molecule has 4 N–H and O–H groups in total. The van der Waals surface area contributed by atoms with Gasteiger partial charge in [-0.3, -0.25) is 4.79 Å². The number of fused-ring (bicyclic) bond motifs is 4. The first-order valence-corrected chi connectivity index (χ1v) is 12.5. The Bertz CT molecular complexity index is 1320. The van der Waals surface area contributed by atoms with E-state index in [1.807, 2.05) is 13.0 Å². The van der Waals surface area contributed by atoms with E-state index in [-0.39, 0.29) is 35.0 Å². The van der Waals surface area contributed by atoms with Crippen molar-refractivity contribution in [1.82, 2.24) is 0 Å². The van der Waals surface area contributed by atoms with Crippen LogP contribution in [0.5, 0.6) is 28.7 Å². The molecule has 2 aliphatic rings. The molecule has 196 valence electrons. The number of hydrogen-bond donors (Lipinski definition) is 4. The maximum Gasteiger partial charge on any atom is 0.318 e. The number of aromatic hydroxyl groups is 3. The lowest BCUT2D eigenvalue weighted by Crippen LogP contribution is -2.62.